The molecule has 26 heavy (non-hydrogen) atoms. The van der Waals surface area contributed by atoms with Crippen molar-refractivity contribution in [2.24, 2.45) is 0 Å². The van der Waals surface area contributed by atoms with Gasteiger partial charge >= 0.3 is 5.97 Å². The standard InChI is InChI=1S/C8H6ClNO.C8H7ClO3.H6OSi2/c9-7-4-2-1-3-6(7)8(11)5-10;9-6-4-2-1-3-5(6)7(10)8(11)12;2-1-3/h1-4,8,11H;1-4,7,10H,(H,11,12);2-3H3/t8-;7-;/m01./s1. The number of halogens is 2. The van der Waals surface area contributed by atoms with Gasteiger partial charge in [0.2, 0.25) is 0 Å². The Bertz CT molecular complexity index is 743. The number of nitrogens with zero attached hydrogens (tertiary/aromatic N) is 1. The van der Waals surface area contributed by atoms with Crippen molar-refractivity contribution >= 4 is 50.1 Å². The molecule has 0 aromatic heterocycles. The lowest BCUT2D eigenvalue weighted by molar-refractivity contribution is -0.146. The van der Waals surface area contributed by atoms with Crippen molar-refractivity contribution in [2.75, 3.05) is 0 Å². The van der Waals surface area contributed by atoms with Gasteiger partial charge in [-0.1, -0.05) is 59.6 Å². The normalized spacial score (nSPS) is 11.8. The Hall–Kier alpha value is -1.71. The number of hydrogen-bond donors (Lipinski definition) is 3. The van der Waals surface area contributed by atoms with Crippen molar-refractivity contribution in [3.05, 3.63) is 69.7 Å². The number of carbonyl (C=O) groups is 1. The van der Waals surface area contributed by atoms with E-state index in [1.54, 1.807) is 42.5 Å². The number of aliphatic hydroxyl groups excluding tert-OH is 2. The molecule has 0 amide bonds. The van der Waals surface area contributed by atoms with Gasteiger partial charge in [0.05, 0.1) is 6.07 Å². The minimum absolute atomic E-state index is 0.215. The van der Waals surface area contributed by atoms with Crippen LogP contribution in [0.3, 0.4) is 0 Å². The molecule has 6 nitrogen and oxygen atoms in total. The highest BCUT2D eigenvalue weighted by Gasteiger charge is 2.17. The van der Waals surface area contributed by atoms with Crippen molar-refractivity contribution in [1.82, 2.24) is 0 Å². The fourth-order valence-corrected chi connectivity index (χ4v) is 2.07. The van der Waals surface area contributed by atoms with E-state index < -0.39 is 18.2 Å². The number of aliphatic carboxylic acids is 1. The molecule has 0 heterocycles. The Morgan fingerprint density at radius 2 is 1.38 bits per heavy atom. The van der Waals surface area contributed by atoms with Crippen molar-refractivity contribution in [3.8, 4) is 6.07 Å². The van der Waals surface area contributed by atoms with E-state index in [2.05, 4.69) is 4.12 Å². The van der Waals surface area contributed by atoms with Crippen LogP contribution in [0.25, 0.3) is 0 Å². The van der Waals surface area contributed by atoms with E-state index in [9.17, 15) is 4.79 Å². The van der Waals surface area contributed by atoms with Crippen molar-refractivity contribution in [2.45, 2.75) is 12.2 Å². The number of carboxylic acids is 1. The van der Waals surface area contributed by atoms with Gasteiger partial charge in [-0.25, -0.2) is 4.79 Å². The number of carboxylic acid groups (broad SMARTS) is 1. The Morgan fingerprint density at radius 1 is 1.00 bits per heavy atom. The van der Waals surface area contributed by atoms with Crippen LogP contribution in [0.15, 0.2) is 48.5 Å². The third-order valence-corrected chi connectivity index (χ3v) is 3.44. The Kier molecular flexibility index (Phi) is 12.6. The molecule has 2 aromatic carbocycles. The summed E-state index contributed by atoms with van der Waals surface area (Å²) < 4.78 is 4.53. The molecule has 0 radical (unpaired) electrons. The summed E-state index contributed by atoms with van der Waals surface area (Å²) in [5, 5.41) is 35.6. The maximum absolute atomic E-state index is 10.3. The molecule has 0 fully saturated rings. The van der Waals surface area contributed by atoms with Crippen LogP contribution in [0, 0.1) is 11.3 Å². The molecule has 10 heteroatoms. The Morgan fingerprint density at radius 3 is 1.73 bits per heavy atom. The average Bonchev–Trinajstić information content (AvgIpc) is 2.62. The van der Waals surface area contributed by atoms with Gasteiger partial charge in [0.25, 0.3) is 0 Å². The molecule has 0 saturated carbocycles. The lowest BCUT2D eigenvalue weighted by atomic mass is 10.1. The molecule has 2 rings (SSSR count). The average molecular weight is 432 g/mol. The van der Waals surface area contributed by atoms with Gasteiger partial charge in [-0.15, -0.1) is 0 Å². The maximum Gasteiger partial charge on any atom is 0.337 e. The first-order valence-electron chi connectivity index (χ1n) is 7.17. The minimum Gasteiger partial charge on any atom is -0.479 e. The van der Waals surface area contributed by atoms with Gasteiger partial charge in [-0.2, -0.15) is 5.26 Å². The zero-order valence-corrected chi connectivity index (χ0v) is 19.6. The minimum atomic E-state index is -1.54. The number of rotatable bonds is 3. The Labute approximate surface area is 167 Å². The molecular formula is C16H19Cl2NO5Si2. The highest BCUT2D eigenvalue weighted by atomic mass is 35.5. The highest BCUT2D eigenvalue weighted by Crippen LogP contribution is 2.22. The summed E-state index contributed by atoms with van der Waals surface area (Å²) in [5.74, 6) is -1.30. The third-order valence-electron chi connectivity index (χ3n) is 2.76. The Balaban J connectivity index is 0.000000419. The number of hydrogen-bond acceptors (Lipinski definition) is 5. The smallest absolute Gasteiger partial charge is 0.337 e. The molecular weight excluding hydrogens is 413 g/mol. The molecule has 140 valence electrons. The third kappa shape index (κ3) is 8.60. The molecule has 0 bridgehead atoms. The second-order valence-corrected chi connectivity index (χ2v) is 8.80. The van der Waals surface area contributed by atoms with E-state index in [1.807, 2.05) is 0 Å². The highest BCUT2D eigenvalue weighted by molar-refractivity contribution is 6.31. The van der Waals surface area contributed by atoms with Crippen molar-refractivity contribution < 1.29 is 24.2 Å². The first kappa shape index (κ1) is 24.3. The lowest BCUT2D eigenvalue weighted by Gasteiger charge is -2.06. The summed E-state index contributed by atoms with van der Waals surface area (Å²) in [4.78, 5) is 10.3. The van der Waals surface area contributed by atoms with Crippen LogP contribution >= 0.6 is 23.2 Å². The van der Waals surface area contributed by atoms with Gasteiger partial charge in [0.15, 0.2) is 12.2 Å². The van der Waals surface area contributed by atoms with Crippen LogP contribution < -0.4 is 0 Å². The zero-order valence-electron chi connectivity index (χ0n) is 14.1. The van der Waals surface area contributed by atoms with Gasteiger partial charge in [-0.05, 0) is 12.1 Å². The first-order valence-corrected chi connectivity index (χ1v) is 9.56. The molecule has 0 aliphatic rings. The predicted octanol–water partition coefficient (Wildman–Crippen LogP) is 0.919. The zero-order chi connectivity index (χ0) is 20.1. The SMILES string of the molecule is N#C[C@H](O)c1ccccc1Cl.O=C(O)[C@H](O)c1ccccc1Cl.[SiH3]O[SiH3]. The quantitative estimate of drug-likeness (QED) is 0.492. The van der Waals surface area contributed by atoms with Gasteiger partial charge in [-0.3, -0.25) is 0 Å². The molecule has 0 aliphatic heterocycles. The summed E-state index contributed by atoms with van der Waals surface area (Å²) in [6, 6.07) is 14.7. The molecule has 2 atom stereocenters. The lowest BCUT2D eigenvalue weighted by Crippen LogP contribution is -2.10. The summed E-state index contributed by atoms with van der Waals surface area (Å²) >= 11 is 11.3. The van der Waals surface area contributed by atoms with E-state index in [0.29, 0.717) is 10.6 Å². The van der Waals surface area contributed by atoms with E-state index in [-0.39, 0.29) is 10.6 Å². The molecule has 0 spiro atoms. The number of nitriles is 1. The van der Waals surface area contributed by atoms with Gasteiger partial charge in [0, 0.05) is 21.2 Å². The van der Waals surface area contributed by atoms with Gasteiger partial charge < -0.3 is 19.4 Å². The van der Waals surface area contributed by atoms with E-state index in [0.717, 1.165) is 21.0 Å². The van der Waals surface area contributed by atoms with Crippen LogP contribution in [-0.2, 0) is 8.91 Å². The summed E-state index contributed by atoms with van der Waals surface area (Å²) in [5.41, 5.74) is 0.670. The molecule has 2 aromatic rings. The van der Waals surface area contributed by atoms with E-state index >= 15 is 0 Å². The van der Waals surface area contributed by atoms with Crippen molar-refractivity contribution in [1.29, 1.82) is 5.26 Å². The van der Waals surface area contributed by atoms with Crippen molar-refractivity contribution in [3.63, 3.8) is 0 Å². The molecule has 0 unspecified atom stereocenters. The van der Waals surface area contributed by atoms with Gasteiger partial charge in [0.1, 0.15) is 21.0 Å². The number of benzene rings is 2. The van der Waals surface area contributed by atoms with Crippen LogP contribution in [0.2, 0.25) is 10.0 Å². The first-order chi connectivity index (χ1) is 12.3. The predicted molar refractivity (Wildman–Crippen MR) is 107 cm³/mol. The fourth-order valence-electron chi connectivity index (χ4n) is 1.60. The largest absolute Gasteiger partial charge is 0.479 e. The van der Waals surface area contributed by atoms with Crippen LogP contribution in [0.5, 0.6) is 0 Å². The molecule has 0 saturated heterocycles. The fraction of sp³-hybridized carbons (Fsp3) is 0.125. The molecule has 3 N–H and O–H groups in total. The maximum atomic E-state index is 10.3. The summed E-state index contributed by atoms with van der Waals surface area (Å²) in [6.45, 7) is 0. The summed E-state index contributed by atoms with van der Waals surface area (Å²) in [7, 11) is 1.86. The van der Waals surface area contributed by atoms with E-state index in [1.165, 1.54) is 12.1 Å². The molecule has 0 aliphatic carbocycles. The monoisotopic (exact) mass is 431 g/mol. The van der Waals surface area contributed by atoms with E-state index in [4.69, 9.17) is 43.8 Å². The topological polar surface area (TPSA) is 111 Å². The van der Waals surface area contributed by atoms with Crippen LogP contribution in [0.1, 0.15) is 23.3 Å². The second kappa shape index (κ2) is 13.5. The second-order valence-electron chi connectivity index (χ2n) is 4.72. The number of aliphatic hydroxyl groups is 2. The van der Waals surface area contributed by atoms with Crippen LogP contribution in [-0.4, -0.2) is 42.3 Å². The van der Waals surface area contributed by atoms with Crippen LogP contribution in [0.4, 0.5) is 0 Å². The summed E-state index contributed by atoms with van der Waals surface area (Å²) in [6.07, 6.45) is -2.66.